The molecule has 0 atom stereocenters. The number of Topliss-reactive ketones (excluding diaryl/α,β-unsaturated/α-hetero) is 5. The number of hydrogen-bond acceptors (Lipinski definition) is 15. The summed E-state index contributed by atoms with van der Waals surface area (Å²) in [7, 11) is 0. The monoisotopic (exact) mass is 832 g/mol. The molecule has 0 amide bonds. The molecule has 2 radical (unpaired) electrons. The first-order valence-electron chi connectivity index (χ1n) is 12.6. The molecule has 52 heavy (non-hydrogen) atoms. The predicted molar refractivity (Wildman–Crippen MR) is 148 cm³/mol. The van der Waals surface area contributed by atoms with Gasteiger partial charge in [-0.05, 0) is 0 Å². The van der Waals surface area contributed by atoms with E-state index in [1.54, 1.807) is 0 Å². The number of rotatable bonds is 20. The molecule has 0 saturated heterocycles. The van der Waals surface area contributed by atoms with Crippen molar-refractivity contribution in [3.8, 4) is 0 Å². The van der Waals surface area contributed by atoms with Gasteiger partial charge in [0, 0.05) is 69.2 Å². The van der Waals surface area contributed by atoms with Crippen molar-refractivity contribution >= 4 is 88.6 Å². The van der Waals surface area contributed by atoms with E-state index in [-0.39, 0.29) is 37.1 Å². The topological polar surface area (TPSA) is 458 Å². The van der Waals surface area contributed by atoms with Gasteiger partial charge in [-0.15, -0.1) is 0 Å². The molecule has 0 bridgehead atoms. The Hall–Kier alpha value is -5.78. The Kier molecular flexibility index (Phi) is 43.1. The SMILES string of the molecule is O=C(O)CCC(=O)C(=O)O.O=C(O)CCC(=O)C(=O)O.O=C(O)CCC(=O)C(=O)O.O=C(O)CCC(=O)C(=O)O.O=C(O)CCC(=O)C(=O)O.[V].[V]. The molecule has 0 aliphatic heterocycles. The molecule has 0 rings (SSSR count). The molecular weight excluding hydrogens is 802 g/mol. The zero-order chi connectivity index (χ0) is 40.7. The van der Waals surface area contributed by atoms with E-state index in [1.807, 2.05) is 0 Å². The van der Waals surface area contributed by atoms with Crippen LogP contribution in [-0.2, 0) is 109 Å². The van der Waals surface area contributed by atoms with Crippen LogP contribution in [0.4, 0.5) is 0 Å². The fraction of sp³-hybridized carbons (Fsp3) is 0.400. The van der Waals surface area contributed by atoms with Crippen molar-refractivity contribution in [1.82, 2.24) is 0 Å². The maximum Gasteiger partial charge on any atom is 0.372 e. The molecule has 290 valence electrons. The first-order valence-corrected chi connectivity index (χ1v) is 12.6. The maximum atomic E-state index is 10.2. The minimum absolute atomic E-state index is 0. The summed E-state index contributed by atoms with van der Waals surface area (Å²) in [5.41, 5.74) is 0. The van der Waals surface area contributed by atoms with Crippen molar-refractivity contribution in [2.45, 2.75) is 64.2 Å². The van der Waals surface area contributed by atoms with Crippen LogP contribution in [0.1, 0.15) is 64.2 Å². The molecule has 0 aliphatic carbocycles. The van der Waals surface area contributed by atoms with Crippen LogP contribution in [0, 0.1) is 0 Å². The van der Waals surface area contributed by atoms with Crippen molar-refractivity contribution in [2.75, 3.05) is 0 Å². The van der Waals surface area contributed by atoms with Gasteiger partial charge in [0.1, 0.15) is 0 Å². The van der Waals surface area contributed by atoms with Crippen LogP contribution < -0.4 is 0 Å². The molecule has 0 unspecified atom stereocenters. The summed E-state index contributed by atoms with van der Waals surface area (Å²) in [6.45, 7) is 0. The number of carboxylic acid groups (broad SMARTS) is 10. The fourth-order valence-corrected chi connectivity index (χ4v) is 1.64. The van der Waals surface area contributed by atoms with Gasteiger partial charge in [-0.1, -0.05) is 0 Å². The number of ketones is 5. The van der Waals surface area contributed by atoms with Crippen LogP contribution in [0.3, 0.4) is 0 Å². The van der Waals surface area contributed by atoms with Crippen LogP contribution in [0.5, 0.6) is 0 Å². The van der Waals surface area contributed by atoms with Crippen molar-refractivity contribution in [3.63, 3.8) is 0 Å². The third-order valence-corrected chi connectivity index (χ3v) is 4.02. The molecule has 27 heteroatoms. The average Bonchev–Trinajstić information content (AvgIpc) is 2.99. The van der Waals surface area contributed by atoms with Crippen LogP contribution in [-0.4, -0.2) is 140 Å². The normalized spacial score (nSPS) is 8.46. The fourth-order valence-electron chi connectivity index (χ4n) is 1.64. The second kappa shape index (κ2) is 36.5. The number of carbonyl (C=O) groups is 15. The molecule has 0 aromatic rings. The van der Waals surface area contributed by atoms with Gasteiger partial charge in [-0.25, -0.2) is 24.0 Å². The minimum Gasteiger partial charge on any atom is -0.481 e. The molecule has 0 aromatic carbocycles. The van der Waals surface area contributed by atoms with Gasteiger partial charge in [-0.2, -0.15) is 0 Å². The standard InChI is InChI=1S/5C5H6O5.2V/c5*6-3(5(9)10)1-2-4(7)8;;/h5*1-2H2,(H,7,8)(H,9,10);;. The van der Waals surface area contributed by atoms with Gasteiger partial charge >= 0.3 is 59.7 Å². The number of carbonyl (C=O) groups excluding carboxylic acids is 5. The summed E-state index contributed by atoms with van der Waals surface area (Å²) >= 11 is 0. The van der Waals surface area contributed by atoms with Gasteiger partial charge in [-0.3, -0.25) is 47.9 Å². The van der Waals surface area contributed by atoms with E-state index < -0.39 is 153 Å². The van der Waals surface area contributed by atoms with Crippen molar-refractivity contribution in [1.29, 1.82) is 0 Å². The second-order valence-electron chi connectivity index (χ2n) is 8.11. The Morgan fingerprint density at radius 1 is 0.212 bits per heavy atom. The van der Waals surface area contributed by atoms with Crippen LogP contribution in [0.2, 0.25) is 0 Å². The quantitative estimate of drug-likeness (QED) is 0.0568. The van der Waals surface area contributed by atoms with E-state index in [4.69, 9.17) is 51.1 Å². The molecule has 0 fully saturated rings. The first-order chi connectivity index (χ1) is 22.7. The molecule has 25 nitrogen and oxygen atoms in total. The zero-order valence-electron chi connectivity index (χ0n) is 26.1. The first kappa shape index (κ1) is 61.4. The van der Waals surface area contributed by atoms with E-state index >= 15 is 0 Å². The van der Waals surface area contributed by atoms with E-state index in [9.17, 15) is 71.9 Å². The molecule has 0 heterocycles. The van der Waals surface area contributed by atoms with Gasteiger partial charge in [0.15, 0.2) is 0 Å². The zero-order valence-corrected chi connectivity index (χ0v) is 28.9. The Morgan fingerprint density at radius 2 is 0.308 bits per heavy atom. The molecule has 0 aliphatic rings. The Balaban J connectivity index is -0.0000000964. The third kappa shape index (κ3) is 53.7. The molecule has 10 N–H and O–H groups in total. The van der Waals surface area contributed by atoms with Crippen molar-refractivity contribution in [2.24, 2.45) is 0 Å². The van der Waals surface area contributed by atoms with Gasteiger partial charge in [0.05, 0.1) is 32.1 Å². The maximum absolute atomic E-state index is 10.2. The molecule has 0 aromatic heterocycles. The van der Waals surface area contributed by atoms with Crippen LogP contribution >= 0.6 is 0 Å². The number of carboxylic acids is 10. The summed E-state index contributed by atoms with van der Waals surface area (Å²) in [6, 6.07) is 0. The summed E-state index contributed by atoms with van der Waals surface area (Å²) < 4.78 is 0. The molecular formula is C25H30O25V2. The van der Waals surface area contributed by atoms with Crippen LogP contribution in [0.15, 0.2) is 0 Å². The van der Waals surface area contributed by atoms with Gasteiger partial charge in [0.25, 0.3) is 0 Å². The van der Waals surface area contributed by atoms with E-state index in [0.29, 0.717) is 0 Å². The largest absolute Gasteiger partial charge is 0.481 e. The summed E-state index contributed by atoms with van der Waals surface area (Å²) in [5, 5.41) is 79.8. The van der Waals surface area contributed by atoms with E-state index in [1.165, 1.54) is 0 Å². The van der Waals surface area contributed by atoms with Crippen molar-refractivity contribution < 1.29 is 160 Å². The second-order valence-corrected chi connectivity index (χ2v) is 8.11. The summed E-state index contributed by atoms with van der Waals surface area (Å²) in [4.78, 5) is 149. The smallest absolute Gasteiger partial charge is 0.372 e. The average molecular weight is 832 g/mol. The Labute approximate surface area is 312 Å². The predicted octanol–water partition coefficient (Wildman–Crippen LogP) is -2.48. The Morgan fingerprint density at radius 3 is 0.365 bits per heavy atom. The summed E-state index contributed by atoms with van der Waals surface area (Å²) in [5.74, 6) is -19.1. The van der Waals surface area contributed by atoms with E-state index in [2.05, 4.69) is 0 Å². The Bertz CT molecular complexity index is 1100. The van der Waals surface area contributed by atoms with Gasteiger partial charge < -0.3 is 51.1 Å². The molecule has 0 spiro atoms. The number of aliphatic carboxylic acids is 10. The molecule has 0 saturated carbocycles. The van der Waals surface area contributed by atoms with Crippen LogP contribution in [0.25, 0.3) is 0 Å². The third-order valence-electron chi connectivity index (χ3n) is 4.02. The van der Waals surface area contributed by atoms with E-state index in [0.717, 1.165) is 0 Å². The van der Waals surface area contributed by atoms with Crippen molar-refractivity contribution in [3.05, 3.63) is 0 Å². The minimum atomic E-state index is -1.58. The summed E-state index contributed by atoms with van der Waals surface area (Å²) in [6.07, 6.45) is -4.33. The number of hydrogen-bond donors (Lipinski definition) is 10. The van der Waals surface area contributed by atoms with Gasteiger partial charge in [0.2, 0.25) is 28.9 Å².